The average Bonchev–Trinajstić information content (AvgIpc) is 2.48. The van der Waals surface area contributed by atoms with Crippen LogP contribution >= 0.6 is 21.6 Å². The zero-order chi connectivity index (χ0) is 14.8. The molecule has 0 aromatic rings. The van der Waals surface area contributed by atoms with Gasteiger partial charge >= 0.3 is 0 Å². The van der Waals surface area contributed by atoms with E-state index in [1.807, 2.05) is 12.2 Å². The molecule has 116 valence electrons. The maximum Gasteiger partial charge on any atom is 0.100 e. The third-order valence-electron chi connectivity index (χ3n) is 2.24. The molecule has 0 bridgehead atoms. The Kier molecular flexibility index (Phi) is 9.57. The first kappa shape index (κ1) is 18.0. The highest BCUT2D eigenvalue weighted by atomic mass is 33.1. The van der Waals surface area contributed by atoms with Crippen LogP contribution < -0.4 is 0 Å². The van der Waals surface area contributed by atoms with Crippen molar-refractivity contribution in [1.29, 1.82) is 0 Å². The van der Waals surface area contributed by atoms with E-state index in [9.17, 15) is 0 Å². The van der Waals surface area contributed by atoms with Crippen molar-refractivity contribution in [3.8, 4) is 0 Å². The van der Waals surface area contributed by atoms with Crippen molar-refractivity contribution in [3.05, 3.63) is 22.0 Å². The van der Waals surface area contributed by atoms with Gasteiger partial charge < -0.3 is 29.9 Å². The van der Waals surface area contributed by atoms with Crippen molar-refractivity contribution in [2.24, 2.45) is 0 Å². The van der Waals surface area contributed by atoms with Gasteiger partial charge in [0.1, 0.15) is 12.2 Å². The lowest BCUT2D eigenvalue weighted by molar-refractivity contribution is 0.0142. The molecule has 6 nitrogen and oxygen atoms in total. The molecule has 0 amide bonds. The summed E-state index contributed by atoms with van der Waals surface area (Å²) in [6, 6.07) is 0. The Morgan fingerprint density at radius 2 is 1.25 bits per heavy atom. The number of aliphatic hydroxyl groups is 4. The van der Waals surface area contributed by atoms with Crippen LogP contribution in [-0.2, 0) is 9.47 Å². The topological polar surface area (TPSA) is 99.4 Å². The summed E-state index contributed by atoms with van der Waals surface area (Å²) < 4.78 is 10.5. The molecule has 0 aromatic carbocycles. The first-order chi connectivity index (χ1) is 9.65. The first-order valence-corrected chi connectivity index (χ1v) is 8.28. The van der Waals surface area contributed by atoms with E-state index in [0.29, 0.717) is 13.2 Å². The summed E-state index contributed by atoms with van der Waals surface area (Å²) in [6.07, 6.45) is 2.14. The third kappa shape index (κ3) is 7.65. The summed E-state index contributed by atoms with van der Waals surface area (Å²) in [5.74, 6) is 0. The molecule has 0 aliphatic carbocycles. The van der Waals surface area contributed by atoms with Gasteiger partial charge in [-0.3, -0.25) is 0 Å². The number of aliphatic hydroxyl groups excluding tert-OH is 4. The number of ether oxygens (including phenoxy) is 2. The Morgan fingerprint density at radius 1 is 0.850 bits per heavy atom. The molecule has 0 fully saturated rings. The number of hydrogen-bond acceptors (Lipinski definition) is 8. The van der Waals surface area contributed by atoms with Crippen LogP contribution in [0, 0.1) is 0 Å². The second kappa shape index (κ2) is 10.6. The minimum absolute atomic E-state index is 0.109. The standard InChI is InChI=1S/C12H20O6S2/c13-3-9(15)5-17-7-11-1-2-12(20-19-11)8-18-6-10(16)4-14/h1-2,9-10,13-16H,3-8H2. The Balaban J connectivity index is 2.20. The first-order valence-electron chi connectivity index (χ1n) is 6.13. The summed E-state index contributed by atoms with van der Waals surface area (Å²) in [7, 11) is 3.09. The highest BCUT2D eigenvalue weighted by molar-refractivity contribution is 8.79. The van der Waals surface area contributed by atoms with Gasteiger partial charge in [0.05, 0.1) is 39.6 Å². The molecule has 4 N–H and O–H groups in total. The highest BCUT2D eigenvalue weighted by Gasteiger charge is 2.10. The quantitative estimate of drug-likeness (QED) is 0.413. The van der Waals surface area contributed by atoms with Crippen LogP contribution in [0.4, 0.5) is 0 Å². The van der Waals surface area contributed by atoms with E-state index < -0.39 is 12.2 Å². The monoisotopic (exact) mass is 324 g/mol. The van der Waals surface area contributed by atoms with Crippen LogP contribution in [0.15, 0.2) is 22.0 Å². The SMILES string of the molecule is OCC(O)COCC1=CC=C(COCC(O)CO)SS1. The molecule has 1 aliphatic heterocycles. The van der Waals surface area contributed by atoms with Gasteiger partial charge in [-0.05, 0) is 12.2 Å². The van der Waals surface area contributed by atoms with Gasteiger partial charge in [0.2, 0.25) is 0 Å². The summed E-state index contributed by atoms with van der Waals surface area (Å²) >= 11 is 0. The predicted octanol–water partition coefficient (Wildman–Crippen LogP) is -0.111. The Morgan fingerprint density at radius 3 is 1.55 bits per heavy atom. The molecular formula is C12H20O6S2. The lowest BCUT2D eigenvalue weighted by atomic mass is 10.4. The van der Waals surface area contributed by atoms with Crippen LogP contribution in [-0.4, -0.2) is 72.3 Å². The van der Waals surface area contributed by atoms with E-state index in [0.717, 1.165) is 9.81 Å². The smallest absolute Gasteiger partial charge is 0.100 e. The van der Waals surface area contributed by atoms with Crippen LogP contribution in [0.1, 0.15) is 0 Å². The molecule has 0 saturated carbocycles. The fourth-order valence-electron chi connectivity index (χ4n) is 1.19. The van der Waals surface area contributed by atoms with E-state index in [-0.39, 0.29) is 26.4 Å². The molecule has 1 heterocycles. The van der Waals surface area contributed by atoms with Crippen LogP contribution in [0.25, 0.3) is 0 Å². The number of allylic oxidation sites excluding steroid dienone is 2. The van der Waals surface area contributed by atoms with Gasteiger partial charge in [0, 0.05) is 9.81 Å². The van der Waals surface area contributed by atoms with Gasteiger partial charge in [0.15, 0.2) is 0 Å². The van der Waals surface area contributed by atoms with Crippen molar-refractivity contribution in [2.75, 3.05) is 39.6 Å². The lowest BCUT2D eigenvalue weighted by Gasteiger charge is -2.15. The van der Waals surface area contributed by atoms with Gasteiger partial charge in [-0.1, -0.05) is 21.6 Å². The molecule has 0 radical (unpaired) electrons. The molecule has 1 rings (SSSR count). The van der Waals surface area contributed by atoms with Gasteiger partial charge in [0.25, 0.3) is 0 Å². The van der Waals surface area contributed by atoms with E-state index in [4.69, 9.17) is 29.9 Å². The summed E-state index contributed by atoms with van der Waals surface area (Å²) in [5, 5.41) is 35.5. The van der Waals surface area contributed by atoms with Crippen molar-refractivity contribution in [3.63, 3.8) is 0 Å². The number of rotatable bonds is 10. The zero-order valence-electron chi connectivity index (χ0n) is 11.0. The third-order valence-corrected chi connectivity index (χ3v) is 4.80. The fourth-order valence-corrected chi connectivity index (χ4v) is 3.18. The van der Waals surface area contributed by atoms with E-state index in [1.54, 1.807) is 21.6 Å². The molecule has 2 unspecified atom stereocenters. The van der Waals surface area contributed by atoms with Crippen molar-refractivity contribution >= 4 is 21.6 Å². The Bertz CT molecular complexity index is 302. The van der Waals surface area contributed by atoms with Crippen LogP contribution in [0.3, 0.4) is 0 Å². The molecule has 1 aliphatic rings. The lowest BCUT2D eigenvalue weighted by Crippen LogP contribution is -2.20. The summed E-state index contributed by atoms with van der Waals surface area (Å²) in [4.78, 5) is 2.03. The average molecular weight is 324 g/mol. The van der Waals surface area contributed by atoms with Gasteiger partial charge in [-0.15, -0.1) is 0 Å². The van der Waals surface area contributed by atoms with Crippen molar-refractivity contribution in [2.45, 2.75) is 12.2 Å². The second-order valence-corrected chi connectivity index (χ2v) is 6.52. The minimum atomic E-state index is -0.839. The molecular weight excluding hydrogens is 304 g/mol. The van der Waals surface area contributed by atoms with E-state index in [2.05, 4.69) is 0 Å². The largest absolute Gasteiger partial charge is 0.394 e. The molecule has 0 spiro atoms. The fraction of sp³-hybridized carbons (Fsp3) is 0.667. The van der Waals surface area contributed by atoms with Gasteiger partial charge in [-0.2, -0.15) is 0 Å². The minimum Gasteiger partial charge on any atom is -0.394 e. The highest BCUT2D eigenvalue weighted by Crippen LogP contribution is 2.40. The molecule has 0 saturated heterocycles. The summed E-state index contributed by atoms with van der Waals surface area (Å²) in [5.41, 5.74) is 0. The second-order valence-electron chi connectivity index (χ2n) is 4.14. The molecule has 20 heavy (non-hydrogen) atoms. The van der Waals surface area contributed by atoms with Crippen molar-refractivity contribution in [1.82, 2.24) is 0 Å². The van der Waals surface area contributed by atoms with Crippen molar-refractivity contribution < 1.29 is 29.9 Å². The van der Waals surface area contributed by atoms with Crippen LogP contribution in [0.2, 0.25) is 0 Å². The maximum absolute atomic E-state index is 9.12. The number of hydrogen-bond donors (Lipinski definition) is 4. The molecule has 2 atom stereocenters. The van der Waals surface area contributed by atoms with Crippen LogP contribution in [0.5, 0.6) is 0 Å². The maximum atomic E-state index is 9.12. The normalized spacial score (nSPS) is 18.4. The Hall–Kier alpha value is -0.0600. The molecule has 0 aromatic heterocycles. The Labute approximate surface area is 125 Å². The van der Waals surface area contributed by atoms with E-state index in [1.165, 1.54) is 0 Å². The predicted molar refractivity (Wildman–Crippen MR) is 79.2 cm³/mol. The van der Waals surface area contributed by atoms with Gasteiger partial charge in [-0.25, -0.2) is 0 Å². The summed E-state index contributed by atoms with van der Waals surface area (Å²) in [6.45, 7) is 0.394. The zero-order valence-corrected chi connectivity index (χ0v) is 12.6. The van der Waals surface area contributed by atoms with E-state index >= 15 is 0 Å². The molecule has 8 heteroatoms.